The zero-order chi connectivity index (χ0) is 18.0. The Morgan fingerprint density at radius 1 is 1.42 bits per heavy atom. The zero-order valence-electron chi connectivity index (χ0n) is 16.1. The summed E-state index contributed by atoms with van der Waals surface area (Å²) in [6, 6.07) is 4.26. The van der Waals surface area contributed by atoms with E-state index in [9.17, 15) is 4.79 Å². The molecule has 1 aromatic heterocycles. The minimum Gasteiger partial charge on any atom is -0.469 e. The first kappa shape index (κ1) is 19.0. The maximum Gasteiger partial charge on any atom is 0.219 e. The first-order valence-electron chi connectivity index (χ1n) is 9.05. The van der Waals surface area contributed by atoms with Crippen molar-refractivity contribution in [1.82, 2.24) is 4.90 Å². The fourth-order valence-corrected chi connectivity index (χ4v) is 3.82. The molecule has 2 atom stereocenters. The molecule has 2 heterocycles. The van der Waals surface area contributed by atoms with E-state index < -0.39 is 0 Å². The standard InChI is InChI=1S/C20H33NO3/c1-15(22)21(16-10-13-24-20(5,6)14-16)11-9-17(19(2,3)4)18-8-7-12-23-18/h7-8,12,16-17H,9-11,13-14H2,1-6H3. The number of nitrogens with zero attached hydrogens (tertiary/aromatic N) is 1. The van der Waals surface area contributed by atoms with Crippen LogP contribution in [0.3, 0.4) is 0 Å². The van der Waals surface area contributed by atoms with E-state index in [-0.39, 0.29) is 23.0 Å². The van der Waals surface area contributed by atoms with Gasteiger partial charge in [-0.15, -0.1) is 0 Å². The molecule has 0 bridgehead atoms. The van der Waals surface area contributed by atoms with Crippen molar-refractivity contribution in [3.63, 3.8) is 0 Å². The second-order valence-electron chi connectivity index (χ2n) is 8.69. The van der Waals surface area contributed by atoms with E-state index >= 15 is 0 Å². The van der Waals surface area contributed by atoms with Crippen LogP contribution in [0.15, 0.2) is 22.8 Å². The fourth-order valence-electron chi connectivity index (χ4n) is 3.82. The smallest absolute Gasteiger partial charge is 0.219 e. The van der Waals surface area contributed by atoms with E-state index in [4.69, 9.17) is 9.15 Å². The van der Waals surface area contributed by atoms with Gasteiger partial charge in [0, 0.05) is 32.0 Å². The van der Waals surface area contributed by atoms with Crippen molar-refractivity contribution in [2.45, 2.75) is 78.4 Å². The van der Waals surface area contributed by atoms with E-state index in [0.717, 1.165) is 38.2 Å². The van der Waals surface area contributed by atoms with Crippen molar-refractivity contribution in [1.29, 1.82) is 0 Å². The topological polar surface area (TPSA) is 42.7 Å². The van der Waals surface area contributed by atoms with Crippen LogP contribution >= 0.6 is 0 Å². The fraction of sp³-hybridized carbons (Fsp3) is 0.750. The van der Waals surface area contributed by atoms with Crippen LogP contribution in [-0.2, 0) is 9.53 Å². The molecule has 4 nitrogen and oxygen atoms in total. The zero-order valence-corrected chi connectivity index (χ0v) is 16.1. The Kier molecular flexibility index (Phi) is 5.79. The molecule has 0 aliphatic carbocycles. The Hall–Kier alpha value is -1.29. The molecule has 0 saturated carbocycles. The van der Waals surface area contributed by atoms with E-state index in [1.165, 1.54) is 0 Å². The van der Waals surface area contributed by atoms with E-state index in [1.54, 1.807) is 13.2 Å². The first-order valence-corrected chi connectivity index (χ1v) is 9.05. The number of amides is 1. The highest BCUT2D eigenvalue weighted by Gasteiger charge is 2.35. The second kappa shape index (κ2) is 7.30. The van der Waals surface area contributed by atoms with Crippen molar-refractivity contribution in [3.8, 4) is 0 Å². The SMILES string of the molecule is CC(=O)N(CCC(c1ccco1)C(C)(C)C)C1CCOC(C)(C)C1. The van der Waals surface area contributed by atoms with E-state index in [1.807, 2.05) is 17.0 Å². The highest BCUT2D eigenvalue weighted by atomic mass is 16.5. The molecule has 1 saturated heterocycles. The molecule has 2 unspecified atom stereocenters. The summed E-state index contributed by atoms with van der Waals surface area (Å²) in [7, 11) is 0. The summed E-state index contributed by atoms with van der Waals surface area (Å²) in [6.07, 6.45) is 4.46. The molecule has 1 aliphatic heterocycles. The quantitative estimate of drug-likeness (QED) is 0.789. The van der Waals surface area contributed by atoms with Crippen molar-refractivity contribution in [2.75, 3.05) is 13.2 Å². The van der Waals surface area contributed by atoms with E-state index in [0.29, 0.717) is 5.92 Å². The Balaban J connectivity index is 2.08. The lowest BCUT2D eigenvalue weighted by Crippen LogP contribution is -2.48. The number of carbonyl (C=O) groups is 1. The highest BCUT2D eigenvalue weighted by molar-refractivity contribution is 5.73. The van der Waals surface area contributed by atoms with Crippen molar-refractivity contribution >= 4 is 5.91 Å². The minimum atomic E-state index is -0.152. The molecule has 2 rings (SSSR count). The number of rotatable bonds is 5. The number of hydrogen-bond acceptors (Lipinski definition) is 3. The van der Waals surface area contributed by atoms with Gasteiger partial charge in [-0.1, -0.05) is 20.8 Å². The van der Waals surface area contributed by atoms with Crippen LogP contribution in [0, 0.1) is 5.41 Å². The van der Waals surface area contributed by atoms with Gasteiger partial charge in [-0.3, -0.25) is 4.79 Å². The molecule has 1 fully saturated rings. The lowest BCUT2D eigenvalue weighted by molar-refractivity contribution is -0.138. The molecule has 4 heteroatoms. The van der Waals surface area contributed by atoms with Crippen LogP contribution in [0.4, 0.5) is 0 Å². The molecule has 0 N–H and O–H groups in total. The summed E-state index contributed by atoms with van der Waals surface area (Å²) in [5.74, 6) is 1.46. The summed E-state index contributed by atoms with van der Waals surface area (Å²) in [6.45, 7) is 14.1. The van der Waals surface area contributed by atoms with Crippen LogP contribution in [-0.4, -0.2) is 35.6 Å². The molecule has 1 aliphatic rings. The maximum atomic E-state index is 12.3. The molecule has 1 amide bonds. The Labute approximate surface area is 146 Å². The van der Waals surface area contributed by atoms with Gasteiger partial charge in [0.05, 0.1) is 11.9 Å². The number of furan rings is 1. The normalized spacial score (nSPS) is 22.2. The van der Waals surface area contributed by atoms with Gasteiger partial charge >= 0.3 is 0 Å². The second-order valence-corrected chi connectivity index (χ2v) is 8.69. The monoisotopic (exact) mass is 335 g/mol. The number of hydrogen-bond donors (Lipinski definition) is 0. The van der Waals surface area contributed by atoms with E-state index in [2.05, 4.69) is 34.6 Å². The first-order chi connectivity index (χ1) is 11.1. The summed E-state index contributed by atoms with van der Waals surface area (Å²) in [5, 5.41) is 0. The van der Waals surface area contributed by atoms with Gasteiger partial charge in [0.15, 0.2) is 0 Å². The van der Waals surface area contributed by atoms with Crippen LogP contribution in [0.5, 0.6) is 0 Å². The maximum absolute atomic E-state index is 12.3. The molecule has 136 valence electrons. The van der Waals surface area contributed by atoms with Gasteiger partial charge in [0.25, 0.3) is 0 Å². The molecule has 0 spiro atoms. The number of ether oxygens (including phenoxy) is 1. The lowest BCUT2D eigenvalue weighted by Gasteiger charge is -2.42. The third-order valence-corrected chi connectivity index (χ3v) is 5.11. The van der Waals surface area contributed by atoms with Crippen molar-refractivity contribution in [2.24, 2.45) is 5.41 Å². The summed E-state index contributed by atoms with van der Waals surface area (Å²) in [4.78, 5) is 14.3. The van der Waals surface area contributed by atoms with Gasteiger partial charge in [-0.25, -0.2) is 0 Å². The molecule has 0 radical (unpaired) electrons. The van der Waals surface area contributed by atoms with Crippen LogP contribution in [0.25, 0.3) is 0 Å². The Bertz CT molecular complexity index is 528. The molecular weight excluding hydrogens is 302 g/mol. The summed E-state index contributed by atoms with van der Waals surface area (Å²) >= 11 is 0. The Morgan fingerprint density at radius 3 is 2.62 bits per heavy atom. The third kappa shape index (κ3) is 4.85. The lowest BCUT2D eigenvalue weighted by atomic mass is 9.77. The van der Waals surface area contributed by atoms with Gasteiger partial charge in [0.1, 0.15) is 5.76 Å². The van der Waals surface area contributed by atoms with Gasteiger partial charge in [-0.2, -0.15) is 0 Å². The molecule has 1 aromatic rings. The van der Waals surface area contributed by atoms with Crippen LogP contribution in [0.1, 0.15) is 72.5 Å². The van der Waals surface area contributed by atoms with Crippen molar-refractivity contribution < 1.29 is 13.9 Å². The predicted molar refractivity (Wildman–Crippen MR) is 96.0 cm³/mol. The summed E-state index contributed by atoms with van der Waals surface area (Å²) < 4.78 is 11.5. The van der Waals surface area contributed by atoms with Gasteiger partial charge in [0.2, 0.25) is 5.91 Å². The van der Waals surface area contributed by atoms with Crippen molar-refractivity contribution in [3.05, 3.63) is 24.2 Å². The van der Waals surface area contributed by atoms with Crippen LogP contribution < -0.4 is 0 Å². The van der Waals surface area contributed by atoms with Gasteiger partial charge in [-0.05, 0) is 50.7 Å². The average Bonchev–Trinajstić information content (AvgIpc) is 2.94. The molecule has 0 aromatic carbocycles. The predicted octanol–water partition coefficient (Wildman–Crippen LogP) is 4.61. The minimum absolute atomic E-state index is 0.0925. The van der Waals surface area contributed by atoms with Gasteiger partial charge < -0.3 is 14.1 Å². The molecular formula is C20H33NO3. The summed E-state index contributed by atoms with van der Waals surface area (Å²) in [5.41, 5.74) is -0.0592. The average molecular weight is 335 g/mol. The molecule has 24 heavy (non-hydrogen) atoms. The number of carbonyl (C=O) groups excluding carboxylic acids is 1. The van der Waals surface area contributed by atoms with Crippen LogP contribution in [0.2, 0.25) is 0 Å². The third-order valence-electron chi connectivity index (χ3n) is 5.11. The largest absolute Gasteiger partial charge is 0.469 e. The Morgan fingerprint density at radius 2 is 2.12 bits per heavy atom. The highest BCUT2D eigenvalue weighted by Crippen LogP contribution is 2.38.